The first kappa shape index (κ1) is 22.1. The molecule has 2 aliphatic rings. The van der Waals surface area contributed by atoms with Crippen molar-refractivity contribution in [2.24, 2.45) is 0 Å². The monoisotopic (exact) mass is 483 g/mol. The fraction of sp³-hybridized carbons (Fsp3) is 0.261. The van der Waals surface area contributed by atoms with Gasteiger partial charge < -0.3 is 19.4 Å². The van der Waals surface area contributed by atoms with Gasteiger partial charge in [0.15, 0.2) is 6.10 Å². The van der Waals surface area contributed by atoms with Crippen LogP contribution in [0.2, 0.25) is 0 Å². The number of carbonyl (C=O) groups excluding carboxylic acids is 2. The van der Waals surface area contributed by atoms with Crippen LogP contribution in [0.15, 0.2) is 62.6 Å². The van der Waals surface area contributed by atoms with Crippen molar-refractivity contribution in [3.63, 3.8) is 0 Å². The van der Waals surface area contributed by atoms with E-state index in [1.807, 2.05) is 0 Å². The lowest BCUT2D eigenvalue weighted by atomic mass is 10.1. The van der Waals surface area contributed by atoms with E-state index in [2.05, 4.69) is 5.32 Å². The number of fused-ring (bicyclic) bond motifs is 2. The molecule has 34 heavy (non-hydrogen) atoms. The van der Waals surface area contributed by atoms with Crippen molar-refractivity contribution in [2.45, 2.75) is 17.9 Å². The van der Waals surface area contributed by atoms with Crippen LogP contribution in [0.1, 0.15) is 17.3 Å². The highest BCUT2D eigenvalue weighted by Crippen LogP contribution is 2.33. The van der Waals surface area contributed by atoms with E-state index in [4.69, 9.17) is 9.15 Å². The number of para-hydroxylation sites is 1. The average Bonchev–Trinajstić information content (AvgIpc) is 2.83. The summed E-state index contributed by atoms with van der Waals surface area (Å²) in [4.78, 5) is 38.6. The first-order chi connectivity index (χ1) is 16.2. The number of nitrogens with one attached hydrogen (secondary N) is 1. The SMILES string of the molecule is C[C@H]1Oc2ccc(S(=O)(=O)N3CCN(C(=O)c4cc5ccccc5oc4=O)CC3)cc2NC1=O. The van der Waals surface area contributed by atoms with E-state index in [1.165, 1.54) is 33.5 Å². The molecule has 0 unspecified atom stereocenters. The van der Waals surface area contributed by atoms with Crippen LogP contribution < -0.4 is 15.7 Å². The Kier molecular flexibility index (Phi) is 5.37. The van der Waals surface area contributed by atoms with Crippen molar-refractivity contribution in [3.8, 4) is 5.75 Å². The number of ether oxygens (including phenoxy) is 1. The lowest BCUT2D eigenvalue weighted by molar-refractivity contribution is -0.122. The van der Waals surface area contributed by atoms with Crippen LogP contribution in [-0.4, -0.2) is 61.7 Å². The van der Waals surface area contributed by atoms with E-state index in [9.17, 15) is 22.8 Å². The molecule has 0 spiro atoms. The Balaban J connectivity index is 1.32. The number of rotatable bonds is 3. The van der Waals surface area contributed by atoms with Gasteiger partial charge in [-0.3, -0.25) is 9.59 Å². The van der Waals surface area contributed by atoms with Crippen molar-refractivity contribution >= 4 is 38.5 Å². The van der Waals surface area contributed by atoms with Gasteiger partial charge in [-0.2, -0.15) is 4.31 Å². The van der Waals surface area contributed by atoms with Crippen LogP contribution >= 0.6 is 0 Å². The lowest BCUT2D eigenvalue weighted by Crippen LogP contribution is -2.51. The molecule has 11 heteroatoms. The van der Waals surface area contributed by atoms with Crippen molar-refractivity contribution in [3.05, 3.63) is 64.5 Å². The maximum Gasteiger partial charge on any atom is 0.349 e. The maximum absolute atomic E-state index is 13.2. The first-order valence-electron chi connectivity index (χ1n) is 10.7. The van der Waals surface area contributed by atoms with Crippen molar-refractivity contribution < 1.29 is 27.2 Å². The molecular weight excluding hydrogens is 462 g/mol. The van der Waals surface area contributed by atoms with Gasteiger partial charge in [-0.1, -0.05) is 18.2 Å². The molecule has 1 N–H and O–H groups in total. The van der Waals surface area contributed by atoms with E-state index >= 15 is 0 Å². The molecule has 1 aromatic heterocycles. The highest BCUT2D eigenvalue weighted by Gasteiger charge is 2.33. The summed E-state index contributed by atoms with van der Waals surface area (Å²) in [5, 5.41) is 3.27. The highest BCUT2D eigenvalue weighted by atomic mass is 32.2. The molecule has 3 heterocycles. The summed E-state index contributed by atoms with van der Waals surface area (Å²) in [7, 11) is -3.87. The number of hydrogen-bond donors (Lipinski definition) is 1. The normalized spacial score (nSPS) is 18.8. The number of carbonyl (C=O) groups is 2. The summed E-state index contributed by atoms with van der Waals surface area (Å²) in [5.41, 5.74) is -0.136. The van der Waals surface area contributed by atoms with Crippen LogP contribution in [0.3, 0.4) is 0 Å². The van der Waals surface area contributed by atoms with Crippen molar-refractivity contribution in [1.82, 2.24) is 9.21 Å². The Bertz CT molecular complexity index is 1470. The predicted molar refractivity (Wildman–Crippen MR) is 122 cm³/mol. The van der Waals surface area contributed by atoms with Crippen LogP contribution in [0.25, 0.3) is 11.0 Å². The Labute approximate surface area is 194 Å². The number of benzene rings is 2. The van der Waals surface area contributed by atoms with Gasteiger partial charge in [0.05, 0.1) is 10.6 Å². The Morgan fingerprint density at radius 2 is 1.76 bits per heavy atom. The van der Waals surface area contributed by atoms with Crippen LogP contribution in [0.5, 0.6) is 5.75 Å². The second-order valence-corrected chi connectivity index (χ2v) is 10.0. The number of hydrogen-bond acceptors (Lipinski definition) is 7. The fourth-order valence-electron chi connectivity index (χ4n) is 4.01. The molecule has 5 rings (SSSR count). The van der Waals surface area contributed by atoms with Gasteiger partial charge in [-0.15, -0.1) is 0 Å². The number of piperazine rings is 1. The standard InChI is InChI=1S/C23H21N3O7S/c1-14-21(27)24-18-13-16(6-7-20(18)32-14)34(30,31)26-10-8-25(9-11-26)22(28)17-12-15-4-2-3-5-19(15)33-23(17)29/h2-7,12-14H,8-11H2,1H3,(H,24,27)/t14-/m1/s1. The Morgan fingerprint density at radius 3 is 2.53 bits per heavy atom. The maximum atomic E-state index is 13.2. The molecule has 0 bridgehead atoms. The molecule has 0 radical (unpaired) electrons. The van der Waals surface area contributed by atoms with Gasteiger partial charge in [-0.25, -0.2) is 13.2 Å². The molecule has 176 valence electrons. The molecule has 10 nitrogen and oxygen atoms in total. The van der Waals surface area contributed by atoms with Gasteiger partial charge in [0, 0.05) is 31.6 Å². The first-order valence-corrected chi connectivity index (χ1v) is 12.1. The van der Waals surface area contributed by atoms with E-state index < -0.39 is 27.7 Å². The minimum Gasteiger partial charge on any atom is -0.479 e. The lowest BCUT2D eigenvalue weighted by Gasteiger charge is -2.34. The van der Waals surface area contributed by atoms with Gasteiger partial charge in [0.25, 0.3) is 11.8 Å². The average molecular weight is 484 g/mol. The van der Waals surface area contributed by atoms with Crippen LogP contribution in [0, 0.1) is 0 Å². The highest BCUT2D eigenvalue weighted by molar-refractivity contribution is 7.89. The number of sulfonamides is 1. The predicted octanol–water partition coefficient (Wildman–Crippen LogP) is 1.66. The zero-order chi connectivity index (χ0) is 24.0. The minimum absolute atomic E-state index is 0.0136. The summed E-state index contributed by atoms with van der Waals surface area (Å²) in [6.07, 6.45) is -0.661. The number of anilines is 1. The summed E-state index contributed by atoms with van der Waals surface area (Å²) >= 11 is 0. The van der Waals surface area contributed by atoms with E-state index in [1.54, 1.807) is 31.2 Å². The summed E-state index contributed by atoms with van der Waals surface area (Å²) in [6, 6.07) is 12.7. The van der Waals surface area contributed by atoms with Gasteiger partial charge in [0.2, 0.25) is 10.0 Å². The second kappa shape index (κ2) is 8.26. The molecule has 1 fully saturated rings. The van der Waals surface area contributed by atoms with Gasteiger partial charge >= 0.3 is 5.63 Å². The third-order valence-corrected chi connectivity index (χ3v) is 7.81. The van der Waals surface area contributed by atoms with Crippen molar-refractivity contribution in [2.75, 3.05) is 31.5 Å². The zero-order valence-corrected chi connectivity index (χ0v) is 19.0. The Hall–Kier alpha value is -3.70. The molecule has 0 saturated carbocycles. The second-order valence-electron chi connectivity index (χ2n) is 8.09. The Morgan fingerprint density at radius 1 is 1.03 bits per heavy atom. The van der Waals surface area contributed by atoms with Crippen LogP contribution in [0.4, 0.5) is 5.69 Å². The molecular formula is C23H21N3O7S. The third kappa shape index (κ3) is 3.82. The molecule has 3 aromatic rings. The molecule has 2 aromatic carbocycles. The third-order valence-electron chi connectivity index (χ3n) is 5.92. The largest absolute Gasteiger partial charge is 0.479 e. The quantitative estimate of drug-likeness (QED) is 0.562. The summed E-state index contributed by atoms with van der Waals surface area (Å²) < 4.78 is 38.3. The smallest absolute Gasteiger partial charge is 0.349 e. The number of nitrogens with zero attached hydrogens (tertiary/aromatic N) is 2. The van der Waals surface area contributed by atoms with E-state index in [0.717, 1.165) is 0 Å². The van der Waals surface area contributed by atoms with Gasteiger partial charge in [-0.05, 0) is 37.3 Å². The molecule has 1 saturated heterocycles. The van der Waals surface area contributed by atoms with Crippen LogP contribution in [-0.2, 0) is 14.8 Å². The molecule has 0 aliphatic carbocycles. The summed E-state index contributed by atoms with van der Waals surface area (Å²) in [6.45, 7) is 1.96. The van der Waals surface area contributed by atoms with E-state index in [0.29, 0.717) is 22.4 Å². The van der Waals surface area contributed by atoms with E-state index in [-0.39, 0.29) is 42.5 Å². The van der Waals surface area contributed by atoms with Gasteiger partial charge in [0.1, 0.15) is 16.9 Å². The summed E-state index contributed by atoms with van der Waals surface area (Å²) in [5.74, 6) is -0.456. The minimum atomic E-state index is -3.87. The molecule has 2 aliphatic heterocycles. The molecule has 2 amide bonds. The number of amides is 2. The topological polar surface area (TPSA) is 126 Å². The van der Waals surface area contributed by atoms with Crippen molar-refractivity contribution in [1.29, 1.82) is 0 Å². The zero-order valence-electron chi connectivity index (χ0n) is 18.2. The molecule has 1 atom stereocenters. The fourth-order valence-corrected chi connectivity index (χ4v) is 5.46.